The molecule has 33 heavy (non-hydrogen) atoms. The first kappa shape index (κ1) is 23.2. The maximum Gasteiger partial charge on any atom is 0.261 e. The van der Waals surface area contributed by atoms with E-state index in [1.807, 2.05) is 13.8 Å². The summed E-state index contributed by atoms with van der Waals surface area (Å²) in [6, 6.07) is 8.56. The number of sulfonamides is 1. The minimum absolute atomic E-state index is 0.00932. The van der Waals surface area contributed by atoms with Crippen molar-refractivity contribution in [2.75, 3.05) is 4.72 Å². The van der Waals surface area contributed by atoms with Gasteiger partial charge in [-0.15, -0.1) is 0 Å². The first-order valence-corrected chi connectivity index (χ1v) is 12.2. The summed E-state index contributed by atoms with van der Waals surface area (Å²) in [5, 5.41) is 6.62. The summed E-state index contributed by atoms with van der Waals surface area (Å²) in [6.45, 7) is 3.87. The van der Waals surface area contributed by atoms with Gasteiger partial charge in [0.05, 0.1) is 9.92 Å². The van der Waals surface area contributed by atoms with Crippen LogP contribution in [-0.4, -0.2) is 24.5 Å². The Morgan fingerprint density at radius 3 is 2.48 bits per heavy atom. The number of hydrogen-bond acceptors (Lipinski definition) is 6. The molecule has 2 N–H and O–H groups in total. The molecule has 174 valence electrons. The van der Waals surface area contributed by atoms with Gasteiger partial charge in [0.2, 0.25) is 5.89 Å². The number of halogens is 2. The van der Waals surface area contributed by atoms with Crippen LogP contribution >= 0.6 is 11.6 Å². The Morgan fingerprint density at radius 2 is 1.88 bits per heavy atom. The number of rotatable bonds is 8. The summed E-state index contributed by atoms with van der Waals surface area (Å²) in [6.07, 6.45) is 2.09. The molecule has 1 amide bonds. The average molecular weight is 493 g/mol. The summed E-state index contributed by atoms with van der Waals surface area (Å²) >= 11 is 5.68. The van der Waals surface area contributed by atoms with Gasteiger partial charge in [0.25, 0.3) is 15.9 Å². The summed E-state index contributed by atoms with van der Waals surface area (Å²) in [7, 11) is -3.98. The van der Waals surface area contributed by atoms with Gasteiger partial charge in [-0.05, 0) is 61.2 Å². The third-order valence-corrected chi connectivity index (χ3v) is 6.89. The fraction of sp³-hybridized carbons (Fsp3) is 0.318. The summed E-state index contributed by atoms with van der Waals surface area (Å²) in [5.41, 5.74) is 0.564. The van der Waals surface area contributed by atoms with Gasteiger partial charge >= 0.3 is 0 Å². The zero-order valence-corrected chi connectivity index (χ0v) is 19.5. The Hall–Kier alpha value is -2.98. The summed E-state index contributed by atoms with van der Waals surface area (Å²) < 4.78 is 46.1. The Kier molecular flexibility index (Phi) is 6.40. The predicted octanol–water partition coefficient (Wildman–Crippen LogP) is 4.67. The largest absolute Gasteiger partial charge is 0.340 e. The number of benzene rings is 2. The van der Waals surface area contributed by atoms with Crippen molar-refractivity contribution in [1.29, 1.82) is 0 Å². The lowest BCUT2D eigenvalue weighted by atomic mass is 10.0. The molecule has 8 nitrogen and oxygen atoms in total. The monoisotopic (exact) mass is 492 g/mol. The molecule has 1 unspecified atom stereocenters. The van der Waals surface area contributed by atoms with Crippen molar-refractivity contribution < 1.29 is 22.1 Å². The number of carbonyl (C=O) groups excluding carboxylic acids is 1. The van der Waals surface area contributed by atoms with Gasteiger partial charge in [-0.25, -0.2) is 12.8 Å². The van der Waals surface area contributed by atoms with Crippen molar-refractivity contribution in [3.63, 3.8) is 0 Å². The number of amides is 1. The minimum atomic E-state index is -3.98. The number of nitrogens with one attached hydrogen (secondary N) is 2. The van der Waals surface area contributed by atoms with Crippen LogP contribution in [0.5, 0.6) is 0 Å². The standard InChI is InChI=1S/C22H22ClFN4O4S/c1-12(2)19(22-26-20(27-32-22)13-3-4-13)25-21(29)14-5-7-15(8-6-14)28-33(30,31)16-9-10-18(24)17(23)11-16/h5-13,19,28H,3-4H2,1-2H3,(H,25,29). The van der Waals surface area contributed by atoms with Crippen molar-refractivity contribution in [3.05, 3.63) is 70.6 Å². The average Bonchev–Trinajstić information content (AvgIpc) is 3.51. The van der Waals surface area contributed by atoms with E-state index >= 15 is 0 Å². The molecule has 1 aliphatic rings. The third kappa shape index (κ3) is 5.33. The van der Waals surface area contributed by atoms with Crippen LogP contribution in [-0.2, 0) is 10.0 Å². The molecule has 0 aliphatic heterocycles. The molecule has 1 heterocycles. The van der Waals surface area contributed by atoms with E-state index in [9.17, 15) is 17.6 Å². The highest BCUT2D eigenvalue weighted by molar-refractivity contribution is 7.92. The van der Waals surface area contributed by atoms with Crippen LogP contribution in [0, 0.1) is 11.7 Å². The number of carbonyl (C=O) groups is 1. The van der Waals surface area contributed by atoms with Gasteiger partial charge < -0.3 is 9.84 Å². The van der Waals surface area contributed by atoms with E-state index in [1.54, 1.807) is 0 Å². The van der Waals surface area contributed by atoms with Crippen LogP contribution in [0.4, 0.5) is 10.1 Å². The number of anilines is 1. The van der Waals surface area contributed by atoms with E-state index in [1.165, 1.54) is 24.3 Å². The molecule has 1 saturated carbocycles. The van der Waals surface area contributed by atoms with Crippen molar-refractivity contribution in [3.8, 4) is 0 Å². The summed E-state index contributed by atoms with van der Waals surface area (Å²) in [4.78, 5) is 17.0. The molecule has 0 bridgehead atoms. The molecule has 1 aromatic heterocycles. The van der Waals surface area contributed by atoms with Gasteiger partial charge in [-0.1, -0.05) is 30.6 Å². The van der Waals surface area contributed by atoms with Gasteiger partial charge in [0.1, 0.15) is 11.9 Å². The quantitative estimate of drug-likeness (QED) is 0.472. The SMILES string of the molecule is CC(C)C(NC(=O)c1ccc(NS(=O)(=O)c2ccc(F)c(Cl)c2)cc1)c1nc(C2CC2)no1. The first-order chi connectivity index (χ1) is 15.6. The van der Waals surface area contributed by atoms with E-state index < -0.39 is 21.9 Å². The van der Waals surface area contributed by atoms with Crippen molar-refractivity contribution in [2.45, 2.75) is 43.5 Å². The number of aromatic nitrogens is 2. The Morgan fingerprint density at radius 1 is 1.18 bits per heavy atom. The number of hydrogen-bond donors (Lipinski definition) is 2. The van der Waals surface area contributed by atoms with Gasteiger partial charge in [0.15, 0.2) is 5.82 Å². The lowest BCUT2D eigenvalue weighted by Crippen LogP contribution is -2.32. The topological polar surface area (TPSA) is 114 Å². The van der Waals surface area contributed by atoms with Crippen LogP contribution in [0.25, 0.3) is 0 Å². The molecule has 4 rings (SSSR count). The molecule has 0 radical (unpaired) electrons. The van der Waals surface area contributed by atoms with Crippen molar-refractivity contribution >= 4 is 33.2 Å². The smallest absolute Gasteiger partial charge is 0.261 e. The molecule has 0 spiro atoms. The molecule has 1 atom stereocenters. The second-order valence-corrected chi connectivity index (χ2v) is 10.3. The fourth-order valence-electron chi connectivity index (χ4n) is 3.17. The van der Waals surface area contributed by atoms with E-state index in [4.69, 9.17) is 16.1 Å². The molecule has 11 heteroatoms. The zero-order valence-electron chi connectivity index (χ0n) is 17.9. The lowest BCUT2D eigenvalue weighted by Gasteiger charge is -2.18. The third-order valence-electron chi connectivity index (χ3n) is 5.22. The minimum Gasteiger partial charge on any atom is -0.340 e. The highest BCUT2D eigenvalue weighted by atomic mass is 35.5. The Balaban J connectivity index is 1.45. The van der Waals surface area contributed by atoms with Crippen LogP contribution in [0.15, 0.2) is 51.9 Å². The maximum absolute atomic E-state index is 13.3. The summed E-state index contributed by atoms with van der Waals surface area (Å²) in [5.74, 6) is 0.310. The maximum atomic E-state index is 13.3. The zero-order chi connectivity index (χ0) is 23.8. The molecule has 3 aromatic rings. The van der Waals surface area contributed by atoms with Crippen LogP contribution in [0.1, 0.15) is 60.7 Å². The number of nitrogens with zero attached hydrogens (tertiary/aromatic N) is 2. The normalized spacial score (nSPS) is 14.8. The van der Waals surface area contributed by atoms with Crippen molar-refractivity contribution in [1.82, 2.24) is 15.5 Å². The van der Waals surface area contributed by atoms with Gasteiger partial charge in [0, 0.05) is 17.2 Å². The highest BCUT2D eigenvalue weighted by Gasteiger charge is 2.31. The van der Waals surface area contributed by atoms with E-state index in [0.29, 0.717) is 23.2 Å². The molecule has 1 aliphatic carbocycles. The molecular weight excluding hydrogens is 471 g/mol. The molecule has 1 fully saturated rings. The Bertz CT molecular complexity index is 1270. The molecular formula is C22H22ClFN4O4S. The Labute approximate surface area is 195 Å². The second-order valence-electron chi connectivity index (χ2n) is 8.22. The predicted molar refractivity (Wildman–Crippen MR) is 120 cm³/mol. The van der Waals surface area contributed by atoms with E-state index in [0.717, 1.165) is 31.0 Å². The molecule has 2 aromatic carbocycles. The second kappa shape index (κ2) is 9.11. The van der Waals surface area contributed by atoms with Crippen molar-refractivity contribution in [2.24, 2.45) is 5.92 Å². The molecule has 0 saturated heterocycles. The van der Waals surface area contributed by atoms with Crippen LogP contribution in [0.3, 0.4) is 0 Å². The van der Waals surface area contributed by atoms with Crippen LogP contribution < -0.4 is 10.0 Å². The fourth-order valence-corrected chi connectivity index (χ4v) is 4.50. The van der Waals surface area contributed by atoms with E-state index in [2.05, 4.69) is 20.2 Å². The lowest BCUT2D eigenvalue weighted by molar-refractivity contribution is 0.0914. The first-order valence-electron chi connectivity index (χ1n) is 10.4. The van der Waals surface area contributed by atoms with Crippen LogP contribution in [0.2, 0.25) is 5.02 Å². The van der Waals surface area contributed by atoms with Gasteiger partial charge in [-0.2, -0.15) is 4.98 Å². The van der Waals surface area contributed by atoms with E-state index in [-0.39, 0.29) is 27.4 Å². The van der Waals surface area contributed by atoms with Gasteiger partial charge in [-0.3, -0.25) is 9.52 Å². The highest BCUT2D eigenvalue weighted by Crippen LogP contribution is 2.38.